The van der Waals surface area contributed by atoms with Gasteiger partial charge in [0.2, 0.25) is 0 Å². The number of ether oxygens (including phenoxy) is 1. The molecule has 0 saturated heterocycles. The van der Waals surface area contributed by atoms with E-state index in [0.29, 0.717) is 17.2 Å². The van der Waals surface area contributed by atoms with E-state index in [1.807, 2.05) is 32.0 Å². The lowest BCUT2D eigenvalue weighted by atomic mass is 9.79. The second-order valence-corrected chi connectivity index (χ2v) is 7.78. The van der Waals surface area contributed by atoms with E-state index >= 15 is 0 Å². The molecule has 2 aromatic heterocycles. The number of rotatable bonds is 4. The molecule has 1 aliphatic heterocycles. The van der Waals surface area contributed by atoms with Gasteiger partial charge in [-0.2, -0.15) is 0 Å². The van der Waals surface area contributed by atoms with E-state index in [9.17, 15) is 0 Å². The molecule has 1 aliphatic rings. The summed E-state index contributed by atoms with van der Waals surface area (Å²) in [5.74, 6) is 1.22. The molecule has 0 aliphatic carbocycles. The molecule has 7 heteroatoms. The minimum absolute atomic E-state index is 0.365. The third-order valence-electron chi connectivity index (χ3n) is 5.79. The summed E-state index contributed by atoms with van der Waals surface area (Å²) in [6.07, 6.45) is 8.40. The molecular formula is C25H22N6O. The number of hydrogen-bond donors (Lipinski definition) is 1. The quantitative estimate of drug-likeness (QED) is 0.540. The minimum atomic E-state index is -0.937. The van der Waals surface area contributed by atoms with Gasteiger partial charge in [-0.05, 0) is 54.3 Å². The van der Waals surface area contributed by atoms with Crippen LogP contribution in [0.4, 0.5) is 0 Å². The number of fused-ring (bicyclic) bond motifs is 1. The van der Waals surface area contributed by atoms with Gasteiger partial charge in [0.15, 0.2) is 5.54 Å². The number of aliphatic imine (C=N–C) groups is 1. The van der Waals surface area contributed by atoms with Crippen LogP contribution < -0.4 is 10.5 Å². The summed E-state index contributed by atoms with van der Waals surface area (Å²) >= 11 is 0. The zero-order chi connectivity index (χ0) is 22.3. The molecule has 0 spiro atoms. The second-order valence-electron chi connectivity index (χ2n) is 7.78. The van der Waals surface area contributed by atoms with Crippen molar-refractivity contribution >= 4 is 5.84 Å². The van der Waals surface area contributed by atoms with Gasteiger partial charge in [0.05, 0.1) is 19.0 Å². The average molecular weight is 422 g/mol. The fraction of sp³-hybridized carbons (Fsp3) is 0.160. The molecule has 5 rings (SSSR count). The monoisotopic (exact) mass is 422 g/mol. The predicted octanol–water partition coefficient (Wildman–Crippen LogP) is 3.57. The maximum Gasteiger partial charge on any atom is 0.157 e. The first-order valence-electron chi connectivity index (χ1n) is 10.2. The van der Waals surface area contributed by atoms with Gasteiger partial charge in [0, 0.05) is 30.4 Å². The predicted molar refractivity (Wildman–Crippen MR) is 123 cm³/mol. The summed E-state index contributed by atoms with van der Waals surface area (Å²) in [6, 6.07) is 12.3. The number of benzene rings is 2. The fourth-order valence-corrected chi connectivity index (χ4v) is 4.48. The molecule has 0 fully saturated rings. The van der Waals surface area contributed by atoms with E-state index < -0.39 is 5.54 Å². The third kappa shape index (κ3) is 2.93. The molecule has 158 valence electrons. The second kappa shape index (κ2) is 7.53. The Labute approximate surface area is 186 Å². The first kappa shape index (κ1) is 19.8. The van der Waals surface area contributed by atoms with Crippen LogP contribution in [-0.4, -0.2) is 32.9 Å². The number of aryl methyl sites for hydroxylation is 2. The number of nitrogens with two attached hydrogens (primary N) is 1. The summed E-state index contributed by atoms with van der Waals surface area (Å²) in [5, 5.41) is 0. The molecule has 3 heterocycles. The van der Waals surface area contributed by atoms with Crippen molar-refractivity contribution in [3.63, 3.8) is 0 Å². The first-order chi connectivity index (χ1) is 15.5. The molecule has 4 aromatic rings. The highest BCUT2D eigenvalue weighted by atomic mass is 16.5. The Bertz CT molecular complexity index is 1330. The zero-order valence-corrected chi connectivity index (χ0v) is 18.1. The topological polar surface area (TPSA) is 99.2 Å². The van der Waals surface area contributed by atoms with E-state index in [4.69, 9.17) is 20.4 Å². The van der Waals surface area contributed by atoms with Gasteiger partial charge in [-0.1, -0.05) is 18.2 Å². The van der Waals surface area contributed by atoms with Crippen LogP contribution in [0.3, 0.4) is 0 Å². The van der Waals surface area contributed by atoms with Gasteiger partial charge in [-0.15, -0.1) is 0 Å². The van der Waals surface area contributed by atoms with Crippen molar-refractivity contribution < 1.29 is 4.74 Å². The number of amidine groups is 1. The first-order valence-corrected chi connectivity index (χ1v) is 10.2. The number of hydrogen-bond acceptors (Lipinski definition) is 7. The molecular weight excluding hydrogens is 400 g/mol. The molecule has 2 aromatic carbocycles. The van der Waals surface area contributed by atoms with E-state index in [2.05, 4.69) is 33.2 Å². The maximum atomic E-state index is 6.38. The largest absolute Gasteiger partial charge is 0.496 e. The van der Waals surface area contributed by atoms with Crippen LogP contribution in [0.15, 0.2) is 72.4 Å². The number of methoxy groups -OCH3 is 1. The van der Waals surface area contributed by atoms with E-state index in [-0.39, 0.29) is 0 Å². The Morgan fingerprint density at radius 3 is 2.34 bits per heavy atom. The van der Waals surface area contributed by atoms with Crippen LogP contribution in [0, 0.1) is 13.8 Å². The zero-order valence-electron chi connectivity index (χ0n) is 18.1. The van der Waals surface area contributed by atoms with Crippen LogP contribution in [0.2, 0.25) is 0 Å². The summed E-state index contributed by atoms with van der Waals surface area (Å²) in [7, 11) is 1.68. The lowest BCUT2D eigenvalue weighted by Gasteiger charge is -2.29. The molecule has 1 atom stereocenters. The molecule has 0 amide bonds. The van der Waals surface area contributed by atoms with Crippen molar-refractivity contribution in [2.24, 2.45) is 10.7 Å². The van der Waals surface area contributed by atoms with Crippen molar-refractivity contribution in [2.45, 2.75) is 19.4 Å². The van der Waals surface area contributed by atoms with Crippen LogP contribution in [0.5, 0.6) is 5.75 Å². The number of aromatic nitrogens is 4. The van der Waals surface area contributed by atoms with Gasteiger partial charge in [0.1, 0.15) is 23.0 Å². The van der Waals surface area contributed by atoms with Gasteiger partial charge in [-0.3, -0.25) is 15.0 Å². The van der Waals surface area contributed by atoms with E-state index in [1.165, 1.54) is 0 Å². The molecule has 0 unspecified atom stereocenters. The third-order valence-corrected chi connectivity index (χ3v) is 5.79. The Morgan fingerprint density at radius 2 is 1.62 bits per heavy atom. The van der Waals surface area contributed by atoms with Gasteiger partial charge in [0.25, 0.3) is 0 Å². The summed E-state index contributed by atoms with van der Waals surface area (Å²) in [4.78, 5) is 22.8. The smallest absolute Gasteiger partial charge is 0.157 e. The molecule has 0 radical (unpaired) electrons. The van der Waals surface area contributed by atoms with Crippen LogP contribution >= 0.6 is 0 Å². The summed E-state index contributed by atoms with van der Waals surface area (Å²) < 4.78 is 5.60. The summed E-state index contributed by atoms with van der Waals surface area (Å²) in [6.45, 7) is 4.05. The Kier molecular flexibility index (Phi) is 4.66. The van der Waals surface area contributed by atoms with Crippen molar-refractivity contribution in [1.29, 1.82) is 0 Å². The Morgan fingerprint density at radius 1 is 0.875 bits per heavy atom. The van der Waals surface area contributed by atoms with Crippen molar-refractivity contribution in [3.05, 3.63) is 101 Å². The Balaban J connectivity index is 1.82. The normalized spacial score (nSPS) is 17.0. The lowest BCUT2D eigenvalue weighted by molar-refractivity contribution is 0.408. The Hall–Kier alpha value is -4.13. The molecule has 7 nitrogen and oxygen atoms in total. The highest BCUT2D eigenvalue weighted by Crippen LogP contribution is 2.46. The highest BCUT2D eigenvalue weighted by Gasteiger charge is 2.45. The van der Waals surface area contributed by atoms with Crippen molar-refractivity contribution in [2.75, 3.05) is 7.11 Å². The number of nitrogens with zero attached hydrogens (tertiary/aromatic N) is 5. The molecule has 32 heavy (non-hydrogen) atoms. The van der Waals surface area contributed by atoms with Crippen molar-refractivity contribution in [3.8, 4) is 17.0 Å². The highest BCUT2D eigenvalue weighted by molar-refractivity contribution is 6.01. The molecule has 0 bridgehead atoms. The maximum absolute atomic E-state index is 6.38. The van der Waals surface area contributed by atoms with Crippen LogP contribution in [0.1, 0.15) is 33.6 Å². The average Bonchev–Trinajstić information content (AvgIpc) is 3.13. The minimum Gasteiger partial charge on any atom is -0.496 e. The van der Waals surface area contributed by atoms with Gasteiger partial charge < -0.3 is 10.5 Å². The van der Waals surface area contributed by atoms with E-state index in [1.54, 1.807) is 38.1 Å². The fourth-order valence-electron chi connectivity index (χ4n) is 4.48. The van der Waals surface area contributed by atoms with Gasteiger partial charge in [-0.25, -0.2) is 9.98 Å². The summed E-state index contributed by atoms with van der Waals surface area (Å²) in [5.41, 5.74) is 12.4. The SMILES string of the molecule is COc1c(C)cc([C@@]2(c3cccc(-c4cnccn4)c3)N=C(N)c3nccnc32)cc1C. The molecule has 2 N–H and O–H groups in total. The lowest BCUT2D eigenvalue weighted by Crippen LogP contribution is -2.27. The van der Waals surface area contributed by atoms with Crippen LogP contribution in [-0.2, 0) is 5.54 Å². The van der Waals surface area contributed by atoms with Crippen LogP contribution in [0.25, 0.3) is 11.3 Å². The van der Waals surface area contributed by atoms with E-state index in [0.717, 1.165) is 39.3 Å². The van der Waals surface area contributed by atoms with Gasteiger partial charge >= 0.3 is 0 Å². The standard InChI is InChI=1S/C25H22N6O/c1-15-11-19(12-16(2)22(15)32-3)25(23-21(24(26)31-25)29-9-10-30-23)18-6-4-5-17(13-18)20-14-27-7-8-28-20/h4-14H,1-3H3,(H2,26,31)/t25-/m1/s1. The van der Waals surface area contributed by atoms with Crippen molar-refractivity contribution in [1.82, 2.24) is 19.9 Å². The molecule has 0 saturated carbocycles.